The minimum absolute atomic E-state index is 0.229. The second kappa shape index (κ2) is 11.5. The van der Waals surface area contributed by atoms with Gasteiger partial charge in [-0.2, -0.15) is 5.10 Å². The van der Waals surface area contributed by atoms with Crippen LogP contribution in [0, 0.1) is 0 Å². The molecule has 0 radical (unpaired) electrons. The van der Waals surface area contributed by atoms with Crippen molar-refractivity contribution in [2.24, 2.45) is 0 Å². The fourth-order valence-electron chi connectivity index (χ4n) is 5.12. The fraction of sp³-hybridized carbons (Fsp3) is 0.400. The van der Waals surface area contributed by atoms with Gasteiger partial charge in [-0.3, -0.25) is 4.79 Å². The van der Waals surface area contributed by atoms with Crippen LogP contribution in [0.2, 0.25) is 0 Å². The van der Waals surface area contributed by atoms with Gasteiger partial charge < -0.3 is 9.80 Å². The Morgan fingerprint density at radius 2 is 1.70 bits per heavy atom. The molecule has 37 heavy (non-hydrogen) atoms. The van der Waals surface area contributed by atoms with Gasteiger partial charge in [0.15, 0.2) is 5.65 Å². The highest BCUT2D eigenvalue weighted by molar-refractivity contribution is 5.88. The Hall–Kier alpha value is -3.74. The molecule has 7 nitrogen and oxygen atoms in total. The van der Waals surface area contributed by atoms with Crippen molar-refractivity contribution in [2.75, 3.05) is 31.1 Å². The molecule has 1 saturated heterocycles. The molecule has 4 aromatic rings. The lowest BCUT2D eigenvalue weighted by molar-refractivity contribution is -0.130. The number of rotatable bonds is 8. The lowest BCUT2D eigenvalue weighted by Crippen LogP contribution is -2.35. The Balaban J connectivity index is 1.39. The molecule has 2 aromatic heterocycles. The summed E-state index contributed by atoms with van der Waals surface area (Å²) in [6.07, 6.45) is 6.25. The summed E-state index contributed by atoms with van der Waals surface area (Å²) in [5, 5.41) is 5.67. The first kappa shape index (κ1) is 24.9. The van der Waals surface area contributed by atoms with Crippen LogP contribution in [0.5, 0.6) is 0 Å². The molecular weight excluding hydrogens is 460 g/mol. The number of hydrogen-bond donors (Lipinski definition) is 0. The average Bonchev–Trinajstić information content (AvgIpc) is 3.21. The molecule has 0 unspecified atom stereocenters. The molecule has 1 aliphatic rings. The third-order valence-corrected chi connectivity index (χ3v) is 7.21. The van der Waals surface area contributed by atoms with Gasteiger partial charge in [-0.1, -0.05) is 68.8 Å². The summed E-state index contributed by atoms with van der Waals surface area (Å²) in [4.78, 5) is 27.5. The van der Waals surface area contributed by atoms with E-state index in [2.05, 4.69) is 30.9 Å². The minimum Gasteiger partial charge on any atom is -0.354 e. The van der Waals surface area contributed by atoms with Crippen molar-refractivity contribution in [1.29, 1.82) is 0 Å². The number of carbonyl (C=O) groups excluding carboxylic acids is 1. The number of aryl methyl sites for hydroxylation is 1. The van der Waals surface area contributed by atoms with Crippen molar-refractivity contribution in [2.45, 2.75) is 51.9 Å². The van der Waals surface area contributed by atoms with Crippen LogP contribution in [-0.2, 0) is 11.2 Å². The summed E-state index contributed by atoms with van der Waals surface area (Å²) in [7, 11) is 0. The maximum atomic E-state index is 13.0. The van der Waals surface area contributed by atoms with Crippen molar-refractivity contribution in [3.05, 3.63) is 78.2 Å². The Labute approximate surface area is 219 Å². The molecule has 1 fully saturated rings. The molecule has 1 amide bonds. The van der Waals surface area contributed by atoms with E-state index in [9.17, 15) is 4.79 Å². The Morgan fingerprint density at radius 1 is 0.946 bits per heavy atom. The number of benzene rings is 2. The number of amides is 1. The first-order valence-corrected chi connectivity index (χ1v) is 13.5. The van der Waals surface area contributed by atoms with E-state index in [0.29, 0.717) is 13.0 Å². The SMILES string of the molecule is CCC[C@@H](C)c1nc(N2CCCN(C(=O)CCc3ccccc3)CC2)c2cnn(-c3ccccc3)c2n1. The van der Waals surface area contributed by atoms with Gasteiger partial charge in [0.1, 0.15) is 11.6 Å². The van der Waals surface area contributed by atoms with E-state index in [-0.39, 0.29) is 11.8 Å². The van der Waals surface area contributed by atoms with E-state index in [4.69, 9.17) is 15.1 Å². The highest BCUT2D eigenvalue weighted by atomic mass is 16.2. The summed E-state index contributed by atoms with van der Waals surface area (Å²) < 4.78 is 1.92. The van der Waals surface area contributed by atoms with E-state index in [1.165, 1.54) is 5.56 Å². The largest absolute Gasteiger partial charge is 0.354 e. The number of anilines is 1. The Morgan fingerprint density at radius 3 is 2.46 bits per heavy atom. The Kier molecular flexibility index (Phi) is 7.78. The molecule has 7 heteroatoms. The first-order valence-electron chi connectivity index (χ1n) is 13.5. The van der Waals surface area contributed by atoms with Crippen LogP contribution < -0.4 is 4.90 Å². The quantitative estimate of drug-likeness (QED) is 0.327. The van der Waals surface area contributed by atoms with Crippen LogP contribution in [0.4, 0.5) is 5.82 Å². The molecule has 0 saturated carbocycles. The zero-order chi connectivity index (χ0) is 25.6. The fourth-order valence-corrected chi connectivity index (χ4v) is 5.12. The third-order valence-electron chi connectivity index (χ3n) is 7.21. The summed E-state index contributed by atoms with van der Waals surface area (Å²) in [6.45, 7) is 7.48. The van der Waals surface area contributed by atoms with Crippen molar-refractivity contribution in [3.63, 3.8) is 0 Å². The average molecular weight is 497 g/mol. The Bertz CT molecular complexity index is 1320. The number of aromatic nitrogens is 4. The van der Waals surface area contributed by atoms with E-state index < -0.39 is 0 Å². The number of fused-ring (bicyclic) bond motifs is 1. The van der Waals surface area contributed by atoms with E-state index in [1.54, 1.807) is 0 Å². The topological polar surface area (TPSA) is 67.2 Å². The highest BCUT2D eigenvalue weighted by Crippen LogP contribution is 2.29. The smallest absolute Gasteiger partial charge is 0.222 e. The summed E-state index contributed by atoms with van der Waals surface area (Å²) >= 11 is 0. The van der Waals surface area contributed by atoms with Crippen molar-refractivity contribution < 1.29 is 4.79 Å². The standard InChI is InChI=1S/C30H36N6O/c1-3-11-23(2)28-32-29(26-22-31-36(30(26)33-28)25-14-8-5-9-15-25)35-19-10-18-34(20-21-35)27(37)17-16-24-12-6-4-7-13-24/h4-9,12-15,22-23H,3,10-11,16-21H2,1-2H3/t23-/m1/s1. The number of carbonyl (C=O) groups is 1. The molecule has 1 aliphatic heterocycles. The van der Waals surface area contributed by atoms with Crippen LogP contribution in [0.25, 0.3) is 16.7 Å². The second-order valence-corrected chi connectivity index (χ2v) is 9.93. The summed E-state index contributed by atoms with van der Waals surface area (Å²) in [5.41, 5.74) is 3.04. The van der Waals surface area contributed by atoms with Crippen molar-refractivity contribution in [3.8, 4) is 5.69 Å². The molecule has 2 aromatic carbocycles. The van der Waals surface area contributed by atoms with Crippen LogP contribution in [-0.4, -0.2) is 56.7 Å². The lowest BCUT2D eigenvalue weighted by atomic mass is 10.1. The number of nitrogens with zero attached hydrogens (tertiary/aromatic N) is 6. The lowest BCUT2D eigenvalue weighted by Gasteiger charge is -2.24. The van der Waals surface area contributed by atoms with Crippen LogP contribution in [0.1, 0.15) is 56.8 Å². The summed E-state index contributed by atoms with van der Waals surface area (Å²) in [5.74, 6) is 2.29. The minimum atomic E-state index is 0.229. The first-order chi connectivity index (χ1) is 18.1. The maximum Gasteiger partial charge on any atom is 0.222 e. The predicted octanol–water partition coefficient (Wildman–Crippen LogP) is 5.39. The maximum absolute atomic E-state index is 13.0. The summed E-state index contributed by atoms with van der Waals surface area (Å²) in [6, 6.07) is 20.4. The normalized spacial score (nSPS) is 15.1. The molecule has 0 aliphatic carbocycles. The predicted molar refractivity (Wildman–Crippen MR) is 148 cm³/mol. The molecule has 1 atom stereocenters. The van der Waals surface area contributed by atoms with Crippen LogP contribution in [0.15, 0.2) is 66.9 Å². The molecule has 0 spiro atoms. The van der Waals surface area contributed by atoms with E-state index >= 15 is 0 Å². The molecule has 3 heterocycles. The second-order valence-electron chi connectivity index (χ2n) is 9.93. The monoisotopic (exact) mass is 496 g/mol. The highest BCUT2D eigenvalue weighted by Gasteiger charge is 2.24. The van der Waals surface area contributed by atoms with Crippen molar-refractivity contribution >= 4 is 22.8 Å². The third kappa shape index (κ3) is 5.66. The van der Waals surface area contributed by atoms with Gasteiger partial charge in [-0.15, -0.1) is 0 Å². The van der Waals surface area contributed by atoms with E-state index in [0.717, 1.165) is 73.7 Å². The van der Waals surface area contributed by atoms with Crippen LogP contribution >= 0.6 is 0 Å². The molecular formula is C30H36N6O. The molecule has 192 valence electrons. The number of hydrogen-bond acceptors (Lipinski definition) is 5. The van der Waals surface area contributed by atoms with Gasteiger partial charge in [0.05, 0.1) is 17.3 Å². The zero-order valence-electron chi connectivity index (χ0n) is 21.9. The van der Waals surface area contributed by atoms with E-state index in [1.807, 2.05) is 64.3 Å². The van der Waals surface area contributed by atoms with Gasteiger partial charge in [-0.05, 0) is 37.0 Å². The van der Waals surface area contributed by atoms with Crippen molar-refractivity contribution in [1.82, 2.24) is 24.6 Å². The molecule has 0 bridgehead atoms. The van der Waals surface area contributed by atoms with Gasteiger partial charge in [-0.25, -0.2) is 14.6 Å². The molecule has 0 N–H and O–H groups in total. The van der Waals surface area contributed by atoms with Crippen LogP contribution in [0.3, 0.4) is 0 Å². The van der Waals surface area contributed by atoms with Gasteiger partial charge in [0.2, 0.25) is 5.91 Å². The van der Waals surface area contributed by atoms with Gasteiger partial charge in [0.25, 0.3) is 0 Å². The van der Waals surface area contributed by atoms with Gasteiger partial charge in [0, 0.05) is 38.5 Å². The zero-order valence-corrected chi connectivity index (χ0v) is 21.9. The van der Waals surface area contributed by atoms with Gasteiger partial charge >= 0.3 is 0 Å². The molecule has 5 rings (SSSR count). The number of para-hydroxylation sites is 1.